The quantitative estimate of drug-likeness (QED) is 0.831. The van der Waals surface area contributed by atoms with Gasteiger partial charge in [-0.05, 0) is 11.8 Å². The minimum absolute atomic E-state index is 0.190. The number of aromatic nitrogens is 2. The fraction of sp³-hybridized carbons (Fsp3) is 0.800. The molecule has 0 radical (unpaired) electrons. The van der Waals surface area contributed by atoms with E-state index in [1.165, 1.54) is 0 Å². The lowest BCUT2D eigenvalue weighted by Crippen LogP contribution is -2.45. The molecule has 1 aliphatic heterocycles. The average molecular weight is 281 g/mol. The van der Waals surface area contributed by atoms with Gasteiger partial charge in [0.05, 0.1) is 12.6 Å². The first-order valence-corrected chi connectivity index (χ1v) is 7.36. The number of aryl methyl sites for hydroxylation is 1. The van der Waals surface area contributed by atoms with Gasteiger partial charge < -0.3 is 14.0 Å². The summed E-state index contributed by atoms with van der Waals surface area (Å²) < 4.78 is 13.5. The predicted octanol–water partition coefficient (Wildman–Crippen LogP) is 2.40. The molecular weight excluding hydrogens is 254 g/mol. The minimum Gasteiger partial charge on any atom is -0.343 e. The summed E-state index contributed by atoms with van der Waals surface area (Å²) in [4.78, 5) is 6.90. The molecule has 1 unspecified atom stereocenters. The Kier molecular flexibility index (Phi) is 4.83. The van der Waals surface area contributed by atoms with Crippen LogP contribution in [0.5, 0.6) is 0 Å². The van der Waals surface area contributed by atoms with Gasteiger partial charge in [0.15, 0.2) is 0 Å². The van der Waals surface area contributed by atoms with Crippen molar-refractivity contribution in [3.8, 4) is 0 Å². The Morgan fingerprint density at radius 1 is 1.35 bits per heavy atom. The summed E-state index contributed by atoms with van der Waals surface area (Å²) in [6.45, 7) is 9.62. The number of hydrogen-bond donors (Lipinski definition) is 0. The molecule has 3 atom stereocenters. The number of hydrogen-bond acceptors (Lipinski definition) is 4. The van der Waals surface area contributed by atoms with Crippen molar-refractivity contribution in [3.63, 3.8) is 0 Å². The van der Waals surface area contributed by atoms with Crippen molar-refractivity contribution in [2.45, 2.75) is 46.2 Å². The van der Waals surface area contributed by atoms with Crippen LogP contribution in [0.25, 0.3) is 0 Å². The van der Waals surface area contributed by atoms with E-state index >= 15 is 0 Å². The molecule has 5 heteroatoms. The molecule has 1 saturated heterocycles. The number of rotatable bonds is 5. The third kappa shape index (κ3) is 2.75. The van der Waals surface area contributed by atoms with E-state index in [-0.39, 0.29) is 12.5 Å². The Morgan fingerprint density at radius 3 is 2.50 bits per heavy atom. The first-order chi connectivity index (χ1) is 9.47. The van der Waals surface area contributed by atoms with Gasteiger partial charge in [0, 0.05) is 32.6 Å². The van der Waals surface area contributed by atoms with Gasteiger partial charge in [-0.25, -0.2) is 9.88 Å². The molecule has 0 spiro atoms. The van der Waals surface area contributed by atoms with Crippen molar-refractivity contribution in [2.75, 3.05) is 13.7 Å². The van der Waals surface area contributed by atoms with Crippen LogP contribution in [0.1, 0.15) is 39.6 Å². The van der Waals surface area contributed by atoms with Gasteiger partial charge in [-0.2, -0.15) is 0 Å². The van der Waals surface area contributed by atoms with Gasteiger partial charge in [0.1, 0.15) is 5.82 Å². The van der Waals surface area contributed by atoms with Gasteiger partial charge in [-0.15, -0.1) is 0 Å². The van der Waals surface area contributed by atoms with Crippen molar-refractivity contribution in [1.29, 1.82) is 0 Å². The standard InChI is InChI=1S/C15H27N3O2/c1-10(2)12-9-20-15(19-6)18(12)13(11(3)4)14-16-7-8-17(14)5/h7-8,10-13,15H,9H2,1-6H3/t12-,13+,15?/m1/s1. The van der Waals surface area contributed by atoms with E-state index < -0.39 is 0 Å². The molecule has 2 heterocycles. The van der Waals surface area contributed by atoms with Crippen LogP contribution in [-0.4, -0.2) is 40.6 Å². The van der Waals surface area contributed by atoms with E-state index in [2.05, 4.69) is 42.1 Å². The first-order valence-electron chi connectivity index (χ1n) is 7.36. The van der Waals surface area contributed by atoms with Crippen molar-refractivity contribution < 1.29 is 9.47 Å². The highest BCUT2D eigenvalue weighted by molar-refractivity contribution is 5.03. The Labute approximate surface area is 121 Å². The molecule has 2 rings (SSSR count). The molecule has 1 fully saturated rings. The van der Waals surface area contributed by atoms with Crippen LogP contribution in [0.15, 0.2) is 12.4 Å². The van der Waals surface area contributed by atoms with Gasteiger partial charge >= 0.3 is 0 Å². The van der Waals surface area contributed by atoms with Gasteiger partial charge in [-0.3, -0.25) is 0 Å². The normalized spacial score (nSPS) is 25.8. The molecule has 20 heavy (non-hydrogen) atoms. The highest BCUT2D eigenvalue weighted by Crippen LogP contribution is 2.36. The van der Waals surface area contributed by atoms with E-state index in [0.29, 0.717) is 24.5 Å². The fourth-order valence-electron chi connectivity index (χ4n) is 3.01. The van der Waals surface area contributed by atoms with E-state index in [0.717, 1.165) is 5.82 Å². The molecule has 114 valence electrons. The molecule has 0 aliphatic carbocycles. The van der Waals surface area contributed by atoms with Crippen LogP contribution < -0.4 is 0 Å². The molecule has 0 N–H and O–H groups in total. The second kappa shape index (κ2) is 6.24. The molecule has 5 nitrogen and oxygen atoms in total. The number of nitrogens with zero attached hydrogens (tertiary/aromatic N) is 3. The van der Waals surface area contributed by atoms with Crippen LogP contribution in [-0.2, 0) is 16.5 Å². The van der Waals surface area contributed by atoms with E-state index in [1.807, 2.05) is 19.4 Å². The lowest BCUT2D eigenvalue weighted by atomic mass is 9.96. The average Bonchev–Trinajstić information content (AvgIpc) is 2.97. The summed E-state index contributed by atoms with van der Waals surface area (Å²) >= 11 is 0. The predicted molar refractivity (Wildman–Crippen MR) is 78.0 cm³/mol. The third-order valence-electron chi connectivity index (χ3n) is 4.08. The number of ether oxygens (including phenoxy) is 2. The maximum Gasteiger partial charge on any atom is 0.219 e. The Morgan fingerprint density at radius 2 is 2.05 bits per heavy atom. The minimum atomic E-state index is -0.286. The zero-order valence-electron chi connectivity index (χ0n) is 13.4. The smallest absolute Gasteiger partial charge is 0.219 e. The molecule has 0 saturated carbocycles. The third-order valence-corrected chi connectivity index (χ3v) is 4.08. The Bertz CT molecular complexity index is 431. The zero-order valence-corrected chi connectivity index (χ0v) is 13.4. The zero-order chi connectivity index (χ0) is 14.9. The van der Waals surface area contributed by atoms with Crippen LogP contribution in [0.4, 0.5) is 0 Å². The van der Waals surface area contributed by atoms with Gasteiger partial charge in [0.25, 0.3) is 0 Å². The maximum absolute atomic E-state index is 5.82. The summed E-state index contributed by atoms with van der Waals surface area (Å²) in [6.07, 6.45) is 3.56. The number of methoxy groups -OCH3 is 1. The summed E-state index contributed by atoms with van der Waals surface area (Å²) in [5.41, 5.74) is 0. The molecule has 1 aliphatic rings. The van der Waals surface area contributed by atoms with Crippen molar-refractivity contribution >= 4 is 0 Å². The maximum atomic E-state index is 5.82. The van der Waals surface area contributed by atoms with Crippen LogP contribution in [0.2, 0.25) is 0 Å². The fourth-order valence-corrected chi connectivity index (χ4v) is 3.01. The van der Waals surface area contributed by atoms with Crippen molar-refractivity contribution in [1.82, 2.24) is 14.5 Å². The summed E-state index contributed by atoms with van der Waals surface area (Å²) in [5, 5.41) is 0. The molecule has 0 aromatic carbocycles. The summed E-state index contributed by atoms with van der Waals surface area (Å²) in [6, 6.07) is 0.541. The second-order valence-electron chi connectivity index (χ2n) is 6.22. The van der Waals surface area contributed by atoms with Crippen LogP contribution >= 0.6 is 0 Å². The van der Waals surface area contributed by atoms with Crippen molar-refractivity contribution in [2.24, 2.45) is 18.9 Å². The summed E-state index contributed by atoms with van der Waals surface area (Å²) in [5.74, 6) is 2.01. The topological polar surface area (TPSA) is 39.5 Å². The van der Waals surface area contributed by atoms with E-state index in [9.17, 15) is 0 Å². The van der Waals surface area contributed by atoms with E-state index in [4.69, 9.17) is 9.47 Å². The number of imidazole rings is 1. The van der Waals surface area contributed by atoms with Crippen LogP contribution in [0, 0.1) is 11.8 Å². The largest absolute Gasteiger partial charge is 0.343 e. The molecular formula is C15H27N3O2. The monoisotopic (exact) mass is 281 g/mol. The van der Waals surface area contributed by atoms with Crippen molar-refractivity contribution in [3.05, 3.63) is 18.2 Å². The van der Waals surface area contributed by atoms with Gasteiger partial charge in [-0.1, -0.05) is 27.7 Å². The SMILES string of the molecule is COC1OC[C@H](C(C)C)N1[C@H](c1nccn1C)C(C)C. The first kappa shape index (κ1) is 15.5. The van der Waals surface area contributed by atoms with Gasteiger partial charge in [0.2, 0.25) is 6.41 Å². The molecule has 1 aromatic heterocycles. The molecule has 1 aromatic rings. The summed E-state index contributed by atoms with van der Waals surface area (Å²) in [7, 11) is 3.75. The van der Waals surface area contributed by atoms with E-state index in [1.54, 1.807) is 7.11 Å². The second-order valence-corrected chi connectivity index (χ2v) is 6.22. The highest BCUT2D eigenvalue weighted by Gasteiger charge is 2.43. The molecule has 0 amide bonds. The Hall–Kier alpha value is -0.910. The lowest BCUT2D eigenvalue weighted by Gasteiger charge is -2.38. The Balaban J connectivity index is 2.38. The van der Waals surface area contributed by atoms with Crippen LogP contribution in [0.3, 0.4) is 0 Å². The molecule has 0 bridgehead atoms. The lowest BCUT2D eigenvalue weighted by molar-refractivity contribution is -0.178. The highest BCUT2D eigenvalue weighted by atomic mass is 16.7.